The van der Waals surface area contributed by atoms with Gasteiger partial charge >= 0.3 is 0 Å². The van der Waals surface area contributed by atoms with Crippen LogP contribution in [0, 0.1) is 5.82 Å². The van der Waals surface area contributed by atoms with E-state index in [0.29, 0.717) is 10.6 Å². The number of hydrogen-bond acceptors (Lipinski definition) is 4. The number of hydrogen-bond donors (Lipinski definition) is 1. The van der Waals surface area contributed by atoms with Gasteiger partial charge in [-0.15, -0.1) is 0 Å². The number of nitrogens with zero attached hydrogens (tertiary/aromatic N) is 2. The molecule has 0 aliphatic heterocycles. The van der Waals surface area contributed by atoms with Gasteiger partial charge in [0.15, 0.2) is 0 Å². The molecule has 1 N–H and O–H groups in total. The molecule has 1 aliphatic rings. The first kappa shape index (κ1) is 30.8. The second kappa shape index (κ2) is 13.7. The summed E-state index contributed by atoms with van der Waals surface area (Å²) < 4.78 is 40.1. The van der Waals surface area contributed by atoms with Crippen LogP contribution < -0.4 is 9.62 Å². The minimum atomic E-state index is -3.94. The lowest BCUT2D eigenvalue weighted by Gasteiger charge is -2.34. The van der Waals surface area contributed by atoms with Crippen LogP contribution in [0.25, 0.3) is 0 Å². The Morgan fingerprint density at radius 2 is 1.61 bits per heavy atom. The summed E-state index contributed by atoms with van der Waals surface area (Å²) >= 11 is 12.4. The summed E-state index contributed by atoms with van der Waals surface area (Å²) in [4.78, 5) is 29.3. The third-order valence-electron chi connectivity index (χ3n) is 7.10. The number of nitrogens with one attached hydrogen (secondary N) is 1. The van der Waals surface area contributed by atoms with Gasteiger partial charge in [0.1, 0.15) is 18.4 Å². The van der Waals surface area contributed by atoms with Gasteiger partial charge in [-0.2, -0.15) is 0 Å². The fraction of sp³-hybridized carbons (Fsp3) is 0.333. The second-order valence-electron chi connectivity index (χ2n) is 10.2. The molecule has 1 saturated carbocycles. The summed E-state index contributed by atoms with van der Waals surface area (Å²) in [5.74, 6) is -1.46. The Balaban J connectivity index is 1.73. The summed E-state index contributed by atoms with van der Waals surface area (Å²) in [7, 11) is -3.94. The van der Waals surface area contributed by atoms with Crippen molar-refractivity contribution in [3.05, 3.63) is 99.8 Å². The monoisotopic (exact) mass is 619 g/mol. The topological polar surface area (TPSA) is 86.8 Å². The number of carbonyl (C=O) groups is 2. The van der Waals surface area contributed by atoms with Crippen LogP contribution in [0.1, 0.15) is 36.8 Å². The summed E-state index contributed by atoms with van der Waals surface area (Å²) in [5.41, 5.74) is 1.59. The number of anilines is 1. The molecule has 1 fully saturated rings. The van der Waals surface area contributed by atoms with Crippen LogP contribution in [0.4, 0.5) is 10.1 Å². The van der Waals surface area contributed by atoms with Crippen molar-refractivity contribution in [2.24, 2.45) is 0 Å². The highest BCUT2D eigenvalue weighted by Gasteiger charge is 2.34. The molecule has 7 nitrogen and oxygen atoms in total. The van der Waals surface area contributed by atoms with Crippen LogP contribution in [0.15, 0.2) is 72.8 Å². The van der Waals surface area contributed by atoms with E-state index < -0.39 is 34.3 Å². The lowest BCUT2D eigenvalue weighted by molar-refractivity contribution is -0.140. The average molecular weight is 621 g/mol. The lowest BCUT2D eigenvalue weighted by atomic mass is 10.0. The number of carbonyl (C=O) groups excluding carboxylic acids is 2. The molecule has 41 heavy (non-hydrogen) atoms. The van der Waals surface area contributed by atoms with Gasteiger partial charge in [0.05, 0.1) is 22.0 Å². The number of halogens is 3. The molecule has 0 radical (unpaired) electrons. The largest absolute Gasteiger partial charge is 0.352 e. The molecule has 0 bridgehead atoms. The van der Waals surface area contributed by atoms with Crippen molar-refractivity contribution in [3.63, 3.8) is 0 Å². The van der Waals surface area contributed by atoms with Gasteiger partial charge in [0, 0.05) is 19.0 Å². The molecule has 0 spiro atoms. The van der Waals surface area contributed by atoms with Gasteiger partial charge < -0.3 is 10.2 Å². The molecule has 2 amide bonds. The van der Waals surface area contributed by atoms with E-state index >= 15 is 0 Å². The summed E-state index contributed by atoms with van der Waals surface area (Å²) in [6, 6.07) is 18.1. The third kappa shape index (κ3) is 8.44. The van der Waals surface area contributed by atoms with Crippen LogP contribution in [0.3, 0.4) is 0 Å². The van der Waals surface area contributed by atoms with Crippen molar-refractivity contribution in [2.45, 2.75) is 50.7 Å². The van der Waals surface area contributed by atoms with Crippen molar-refractivity contribution in [1.29, 1.82) is 0 Å². The van der Waals surface area contributed by atoms with Crippen LogP contribution in [-0.4, -0.2) is 50.0 Å². The van der Waals surface area contributed by atoms with E-state index in [1.54, 1.807) is 18.2 Å². The highest BCUT2D eigenvalue weighted by atomic mass is 35.5. The second-order valence-corrected chi connectivity index (χ2v) is 12.9. The van der Waals surface area contributed by atoms with Crippen LogP contribution in [0.5, 0.6) is 0 Å². The molecular weight excluding hydrogens is 588 g/mol. The van der Waals surface area contributed by atoms with Crippen molar-refractivity contribution in [3.8, 4) is 0 Å². The smallest absolute Gasteiger partial charge is 0.244 e. The maximum Gasteiger partial charge on any atom is 0.244 e. The Kier molecular flexibility index (Phi) is 10.3. The average Bonchev–Trinajstić information content (AvgIpc) is 3.44. The quantitative estimate of drug-likeness (QED) is 0.303. The Morgan fingerprint density at radius 1 is 0.951 bits per heavy atom. The molecule has 1 aliphatic carbocycles. The molecule has 1 atom stereocenters. The van der Waals surface area contributed by atoms with E-state index in [2.05, 4.69) is 5.32 Å². The molecule has 0 saturated heterocycles. The fourth-order valence-electron chi connectivity index (χ4n) is 4.98. The normalized spacial score (nSPS) is 14.4. The number of benzene rings is 3. The predicted octanol–water partition coefficient (Wildman–Crippen LogP) is 5.60. The van der Waals surface area contributed by atoms with Crippen LogP contribution >= 0.6 is 23.2 Å². The zero-order valence-corrected chi connectivity index (χ0v) is 24.9. The number of sulfonamides is 1. The standard InChI is InChI=1S/C30H32Cl2FN3O4S/c1-41(39,40)36(25-14-12-23(33)13-15-25)20-29(37)35(19-22-11-16-26(31)27(32)17-22)28(18-21-7-3-2-4-8-21)30(38)34-24-9-5-6-10-24/h2-4,7-8,11-17,24,28H,5-6,9-10,18-20H2,1H3,(H,34,38). The fourth-order valence-corrected chi connectivity index (χ4v) is 6.15. The maximum absolute atomic E-state index is 14.1. The lowest BCUT2D eigenvalue weighted by Crippen LogP contribution is -2.54. The predicted molar refractivity (Wildman–Crippen MR) is 160 cm³/mol. The molecule has 3 aromatic rings. The first-order valence-corrected chi connectivity index (χ1v) is 15.9. The molecule has 11 heteroatoms. The summed E-state index contributed by atoms with van der Waals surface area (Å²) in [6.45, 7) is -0.611. The van der Waals surface area contributed by atoms with Crippen molar-refractivity contribution in [1.82, 2.24) is 10.2 Å². The molecular formula is C30H32Cl2FN3O4S. The molecule has 1 unspecified atom stereocenters. The highest BCUT2D eigenvalue weighted by molar-refractivity contribution is 7.92. The Bertz CT molecular complexity index is 1470. The van der Waals surface area contributed by atoms with E-state index in [1.807, 2.05) is 30.3 Å². The Hall–Kier alpha value is -3.14. The van der Waals surface area contributed by atoms with E-state index in [1.165, 1.54) is 17.0 Å². The van der Waals surface area contributed by atoms with Crippen molar-refractivity contribution >= 4 is 50.7 Å². The zero-order chi connectivity index (χ0) is 29.6. The molecule has 0 aromatic heterocycles. The van der Waals surface area contributed by atoms with Gasteiger partial charge in [-0.3, -0.25) is 13.9 Å². The summed E-state index contributed by atoms with van der Waals surface area (Å²) in [5, 5.41) is 3.74. The molecule has 3 aromatic carbocycles. The minimum Gasteiger partial charge on any atom is -0.352 e. The SMILES string of the molecule is CS(=O)(=O)N(CC(=O)N(Cc1ccc(Cl)c(Cl)c1)C(Cc1ccccc1)C(=O)NC1CCCC1)c1ccc(F)cc1. The van der Waals surface area contributed by atoms with Gasteiger partial charge in [-0.05, 0) is 60.4 Å². The Labute approximate surface area is 250 Å². The first-order valence-electron chi connectivity index (χ1n) is 13.3. The van der Waals surface area contributed by atoms with E-state index in [0.717, 1.165) is 53.9 Å². The van der Waals surface area contributed by atoms with Crippen molar-refractivity contribution in [2.75, 3.05) is 17.1 Å². The van der Waals surface area contributed by atoms with E-state index in [4.69, 9.17) is 23.2 Å². The minimum absolute atomic E-state index is 0.00874. The number of amides is 2. The Morgan fingerprint density at radius 3 is 2.22 bits per heavy atom. The van der Waals surface area contributed by atoms with Crippen LogP contribution in [-0.2, 0) is 32.6 Å². The zero-order valence-electron chi connectivity index (χ0n) is 22.6. The van der Waals surface area contributed by atoms with Crippen molar-refractivity contribution < 1.29 is 22.4 Å². The first-order chi connectivity index (χ1) is 19.5. The highest BCUT2D eigenvalue weighted by Crippen LogP contribution is 2.26. The van der Waals surface area contributed by atoms with Gasteiger partial charge in [0.25, 0.3) is 0 Å². The van der Waals surface area contributed by atoms with Gasteiger partial charge in [0.2, 0.25) is 21.8 Å². The van der Waals surface area contributed by atoms with Gasteiger partial charge in [-0.1, -0.05) is 72.4 Å². The van der Waals surface area contributed by atoms with E-state index in [-0.39, 0.29) is 35.6 Å². The van der Waals surface area contributed by atoms with Crippen LogP contribution in [0.2, 0.25) is 10.0 Å². The third-order valence-corrected chi connectivity index (χ3v) is 8.98. The summed E-state index contributed by atoms with van der Waals surface area (Å²) in [6.07, 6.45) is 4.93. The molecule has 218 valence electrons. The molecule has 4 rings (SSSR count). The number of rotatable bonds is 11. The maximum atomic E-state index is 14.1. The van der Waals surface area contributed by atoms with E-state index in [9.17, 15) is 22.4 Å². The molecule has 0 heterocycles. The van der Waals surface area contributed by atoms with Gasteiger partial charge in [-0.25, -0.2) is 12.8 Å².